The minimum atomic E-state index is -0.166. The number of aromatic nitrogens is 6. The number of hydrogen-bond donors (Lipinski definition) is 2. The van der Waals surface area contributed by atoms with Crippen LogP contribution in [0.2, 0.25) is 0 Å². The number of anilines is 1. The lowest BCUT2D eigenvalue weighted by Crippen LogP contribution is -2.12. The number of carbonyl (C=O) groups excluding carboxylic acids is 1. The Bertz CT molecular complexity index is 1100. The topological polar surface area (TPSA) is 122 Å². The second kappa shape index (κ2) is 7.69. The van der Waals surface area contributed by atoms with Gasteiger partial charge in [0.2, 0.25) is 17.6 Å². The molecule has 1 amide bonds. The van der Waals surface area contributed by atoms with Crippen molar-refractivity contribution in [1.82, 2.24) is 30.3 Å². The highest BCUT2D eigenvalue weighted by atomic mass is 32.1. The SMILES string of the molecule is Cc1ccc(-c2csc(NC(=O)CCc3nc(-c4ncn[nH]4)no3)n2)c(C)c1. The van der Waals surface area contributed by atoms with Crippen LogP contribution in [0, 0.1) is 13.8 Å². The number of benzene rings is 1. The molecule has 4 aromatic rings. The van der Waals surface area contributed by atoms with E-state index in [-0.39, 0.29) is 12.3 Å². The molecule has 0 fully saturated rings. The molecule has 0 saturated heterocycles. The standard InChI is InChI=1S/C18H17N7O2S/c1-10-3-4-12(11(2)7-10)13-8-28-18(21-13)22-14(26)5-6-15-23-17(25-27-15)16-19-9-20-24-16/h3-4,7-9H,5-6H2,1-2H3,(H,19,20,24)(H,21,22,26). The highest BCUT2D eigenvalue weighted by Gasteiger charge is 2.14. The highest BCUT2D eigenvalue weighted by molar-refractivity contribution is 7.14. The summed E-state index contributed by atoms with van der Waals surface area (Å²) in [7, 11) is 0. The average Bonchev–Trinajstić information content (AvgIpc) is 3.41. The molecule has 0 saturated carbocycles. The minimum absolute atomic E-state index is 0.166. The number of aromatic amines is 1. The zero-order valence-electron chi connectivity index (χ0n) is 15.3. The molecule has 0 aliphatic rings. The first-order chi connectivity index (χ1) is 13.6. The molecule has 10 heteroatoms. The van der Waals surface area contributed by atoms with Crippen LogP contribution in [0.3, 0.4) is 0 Å². The number of nitrogens with zero attached hydrogens (tertiary/aromatic N) is 5. The molecule has 0 spiro atoms. The smallest absolute Gasteiger partial charge is 0.239 e. The van der Waals surface area contributed by atoms with Crippen LogP contribution in [0.1, 0.15) is 23.4 Å². The van der Waals surface area contributed by atoms with E-state index in [1.165, 1.54) is 23.2 Å². The molecule has 28 heavy (non-hydrogen) atoms. The first-order valence-corrected chi connectivity index (χ1v) is 9.48. The number of hydrogen-bond acceptors (Lipinski definition) is 8. The van der Waals surface area contributed by atoms with E-state index in [0.717, 1.165) is 16.8 Å². The molecule has 0 bridgehead atoms. The summed E-state index contributed by atoms with van der Waals surface area (Å²) in [6.07, 6.45) is 1.89. The summed E-state index contributed by atoms with van der Waals surface area (Å²) < 4.78 is 5.13. The molecular weight excluding hydrogens is 378 g/mol. The first kappa shape index (κ1) is 18.0. The van der Waals surface area contributed by atoms with Crippen LogP contribution >= 0.6 is 11.3 Å². The quantitative estimate of drug-likeness (QED) is 0.514. The minimum Gasteiger partial charge on any atom is -0.339 e. The summed E-state index contributed by atoms with van der Waals surface area (Å²) in [5.74, 6) is 0.921. The summed E-state index contributed by atoms with van der Waals surface area (Å²) in [6.45, 7) is 4.11. The Morgan fingerprint density at radius 2 is 2.18 bits per heavy atom. The summed E-state index contributed by atoms with van der Waals surface area (Å²) in [4.78, 5) is 24.9. The van der Waals surface area contributed by atoms with Gasteiger partial charge in [-0.25, -0.2) is 9.97 Å². The number of aryl methyl sites for hydroxylation is 3. The molecule has 142 valence electrons. The van der Waals surface area contributed by atoms with Crippen LogP contribution in [-0.4, -0.2) is 36.2 Å². The van der Waals surface area contributed by atoms with Gasteiger partial charge in [-0.05, 0) is 19.4 Å². The number of amides is 1. The van der Waals surface area contributed by atoms with Crippen molar-refractivity contribution in [3.63, 3.8) is 0 Å². The molecule has 3 heterocycles. The van der Waals surface area contributed by atoms with E-state index in [4.69, 9.17) is 4.52 Å². The van der Waals surface area contributed by atoms with Gasteiger partial charge < -0.3 is 9.84 Å². The van der Waals surface area contributed by atoms with Crippen molar-refractivity contribution < 1.29 is 9.32 Å². The van der Waals surface area contributed by atoms with Gasteiger partial charge in [0, 0.05) is 23.8 Å². The van der Waals surface area contributed by atoms with E-state index in [9.17, 15) is 4.79 Å². The maximum absolute atomic E-state index is 12.2. The third-order valence-corrected chi connectivity index (χ3v) is 4.83. The number of rotatable bonds is 6. The first-order valence-electron chi connectivity index (χ1n) is 8.60. The molecule has 0 aliphatic carbocycles. The second-order valence-electron chi connectivity index (χ2n) is 6.25. The van der Waals surface area contributed by atoms with E-state index in [1.54, 1.807) is 0 Å². The fraction of sp³-hybridized carbons (Fsp3) is 0.222. The van der Waals surface area contributed by atoms with E-state index in [0.29, 0.717) is 29.1 Å². The predicted octanol–water partition coefficient (Wildman–Crippen LogP) is 3.17. The zero-order valence-corrected chi connectivity index (χ0v) is 16.1. The highest BCUT2D eigenvalue weighted by Crippen LogP contribution is 2.28. The van der Waals surface area contributed by atoms with E-state index in [2.05, 4.69) is 61.6 Å². The van der Waals surface area contributed by atoms with Crippen LogP contribution in [0.25, 0.3) is 22.9 Å². The Labute approximate surface area is 164 Å². The predicted molar refractivity (Wildman–Crippen MR) is 104 cm³/mol. The third kappa shape index (κ3) is 3.96. The fourth-order valence-corrected chi connectivity index (χ4v) is 3.45. The molecule has 0 unspecified atom stereocenters. The van der Waals surface area contributed by atoms with Gasteiger partial charge in [0.05, 0.1) is 5.69 Å². The Kier molecular flexibility index (Phi) is 4.94. The molecule has 1 aromatic carbocycles. The summed E-state index contributed by atoms with van der Waals surface area (Å²) in [5.41, 5.74) is 4.28. The van der Waals surface area contributed by atoms with Gasteiger partial charge in [-0.2, -0.15) is 10.1 Å². The third-order valence-electron chi connectivity index (χ3n) is 4.07. The lowest BCUT2D eigenvalue weighted by atomic mass is 10.0. The normalized spacial score (nSPS) is 10.9. The lowest BCUT2D eigenvalue weighted by molar-refractivity contribution is -0.116. The van der Waals surface area contributed by atoms with Crippen LogP contribution in [-0.2, 0) is 11.2 Å². The van der Waals surface area contributed by atoms with Gasteiger partial charge in [-0.3, -0.25) is 9.89 Å². The van der Waals surface area contributed by atoms with Crippen molar-refractivity contribution in [2.24, 2.45) is 0 Å². The average molecular weight is 395 g/mol. The molecule has 2 N–H and O–H groups in total. The van der Waals surface area contributed by atoms with Crippen molar-refractivity contribution in [2.45, 2.75) is 26.7 Å². The van der Waals surface area contributed by atoms with Crippen LogP contribution < -0.4 is 5.32 Å². The summed E-state index contributed by atoms with van der Waals surface area (Å²) >= 11 is 1.40. The van der Waals surface area contributed by atoms with Gasteiger partial charge >= 0.3 is 0 Å². The summed E-state index contributed by atoms with van der Waals surface area (Å²) in [5, 5.41) is 15.5. The second-order valence-corrected chi connectivity index (χ2v) is 7.11. The fourth-order valence-electron chi connectivity index (χ4n) is 2.72. The van der Waals surface area contributed by atoms with Crippen molar-refractivity contribution >= 4 is 22.4 Å². The lowest BCUT2D eigenvalue weighted by Gasteiger charge is -2.03. The molecule has 0 radical (unpaired) electrons. The number of thiazole rings is 1. The molecule has 0 aliphatic heterocycles. The number of H-pyrrole nitrogens is 1. The van der Waals surface area contributed by atoms with Gasteiger partial charge in [0.25, 0.3) is 0 Å². The molecule has 3 aromatic heterocycles. The van der Waals surface area contributed by atoms with Crippen LogP contribution in [0.4, 0.5) is 5.13 Å². The zero-order chi connectivity index (χ0) is 19.5. The Morgan fingerprint density at radius 3 is 2.96 bits per heavy atom. The molecular formula is C18H17N7O2S. The van der Waals surface area contributed by atoms with Crippen LogP contribution in [0.5, 0.6) is 0 Å². The van der Waals surface area contributed by atoms with Gasteiger partial charge in [0.1, 0.15) is 6.33 Å². The number of carbonyl (C=O) groups is 1. The molecule has 4 rings (SSSR count). The van der Waals surface area contributed by atoms with Gasteiger partial charge in [-0.15, -0.1) is 11.3 Å². The monoisotopic (exact) mass is 395 g/mol. The molecule has 0 atom stereocenters. The van der Waals surface area contributed by atoms with Crippen LogP contribution in [0.15, 0.2) is 34.4 Å². The maximum atomic E-state index is 12.2. The van der Waals surface area contributed by atoms with Crippen molar-refractivity contribution in [1.29, 1.82) is 0 Å². The largest absolute Gasteiger partial charge is 0.339 e. The van der Waals surface area contributed by atoms with Gasteiger partial charge in [0.15, 0.2) is 11.0 Å². The van der Waals surface area contributed by atoms with E-state index >= 15 is 0 Å². The van der Waals surface area contributed by atoms with Crippen molar-refractivity contribution in [2.75, 3.05) is 5.32 Å². The van der Waals surface area contributed by atoms with Crippen molar-refractivity contribution in [3.05, 3.63) is 46.9 Å². The Hall–Kier alpha value is -3.40. The van der Waals surface area contributed by atoms with E-state index in [1.807, 2.05) is 11.4 Å². The number of nitrogens with one attached hydrogen (secondary N) is 2. The summed E-state index contributed by atoms with van der Waals surface area (Å²) in [6, 6.07) is 6.22. The van der Waals surface area contributed by atoms with E-state index < -0.39 is 0 Å². The Balaban J connectivity index is 1.35. The molecule has 9 nitrogen and oxygen atoms in total. The van der Waals surface area contributed by atoms with Gasteiger partial charge in [-0.1, -0.05) is 28.9 Å². The van der Waals surface area contributed by atoms with Crippen molar-refractivity contribution in [3.8, 4) is 22.9 Å². The Morgan fingerprint density at radius 1 is 1.29 bits per heavy atom. The maximum Gasteiger partial charge on any atom is 0.239 e.